The lowest BCUT2D eigenvalue weighted by Gasteiger charge is -2.05. The highest BCUT2D eigenvalue weighted by atomic mass is 35.5. The maximum Gasteiger partial charge on any atom is 0.00795 e. The first-order valence-corrected chi connectivity index (χ1v) is 3.37. The Morgan fingerprint density at radius 3 is 2.27 bits per heavy atom. The molecule has 0 bridgehead atoms. The Kier molecular flexibility index (Phi) is 17.4. The Morgan fingerprint density at radius 2 is 1.91 bits per heavy atom. The van der Waals surface area contributed by atoms with Crippen molar-refractivity contribution in [3.05, 3.63) is 0 Å². The first kappa shape index (κ1) is 17.8. The van der Waals surface area contributed by atoms with E-state index in [0.717, 1.165) is 19.0 Å². The van der Waals surface area contributed by atoms with Gasteiger partial charge in [-0.1, -0.05) is 0 Å². The van der Waals surface area contributed by atoms with Gasteiger partial charge < -0.3 is 11.1 Å². The highest BCUT2D eigenvalue weighted by Gasteiger charge is 2.11. The zero-order valence-corrected chi connectivity index (χ0v) is 8.86. The summed E-state index contributed by atoms with van der Waals surface area (Å²) in [7, 11) is 0. The van der Waals surface area contributed by atoms with Crippen LogP contribution < -0.4 is 11.1 Å². The number of hydrogen-bond donors (Lipinski definition) is 2. The molecule has 0 spiro atoms. The summed E-state index contributed by atoms with van der Waals surface area (Å²) in [6, 6.07) is 0.736. The summed E-state index contributed by atoms with van der Waals surface area (Å²) in [6.07, 6.45) is 3.82. The van der Waals surface area contributed by atoms with Crippen LogP contribution in [0.25, 0.3) is 0 Å². The fraction of sp³-hybridized carbons (Fsp3) is 1.00. The van der Waals surface area contributed by atoms with Gasteiger partial charge >= 0.3 is 0 Å². The van der Waals surface area contributed by atoms with Gasteiger partial charge in [-0.15, -0.1) is 37.2 Å². The lowest BCUT2D eigenvalue weighted by molar-refractivity contribution is 0.566. The maximum absolute atomic E-state index is 5.37. The molecule has 5 heteroatoms. The van der Waals surface area contributed by atoms with Crippen LogP contribution in [-0.4, -0.2) is 19.1 Å². The normalized spacial score (nSPS) is 21.0. The van der Waals surface area contributed by atoms with E-state index >= 15 is 0 Å². The van der Waals surface area contributed by atoms with Crippen molar-refractivity contribution in [1.82, 2.24) is 5.32 Å². The van der Waals surface area contributed by atoms with Gasteiger partial charge in [0.2, 0.25) is 0 Å². The van der Waals surface area contributed by atoms with Crippen molar-refractivity contribution < 1.29 is 0 Å². The van der Waals surface area contributed by atoms with E-state index in [-0.39, 0.29) is 37.2 Å². The van der Waals surface area contributed by atoms with Crippen molar-refractivity contribution in [2.45, 2.75) is 25.3 Å². The summed E-state index contributed by atoms with van der Waals surface area (Å²) < 4.78 is 0. The molecule has 0 saturated carbocycles. The van der Waals surface area contributed by atoms with E-state index in [1.807, 2.05) is 0 Å². The molecule has 0 aliphatic carbocycles. The van der Waals surface area contributed by atoms with Crippen LogP contribution in [-0.2, 0) is 0 Å². The second kappa shape index (κ2) is 10.8. The van der Waals surface area contributed by atoms with E-state index < -0.39 is 0 Å². The molecular weight excluding hydrogens is 206 g/mol. The Labute approximate surface area is 86.9 Å². The van der Waals surface area contributed by atoms with Crippen LogP contribution in [0.5, 0.6) is 0 Å². The van der Waals surface area contributed by atoms with E-state index in [1.54, 1.807) is 0 Å². The molecule has 2 nitrogen and oxygen atoms in total. The van der Waals surface area contributed by atoms with Crippen molar-refractivity contribution in [2.75, 3.05) is 13.1 Å². The van der Waals surface area contributed by atoms with Crippen LogP contribution in [0, 0.1) is 0 Å². The quantitative estimate of drug-likeness (QED) is 0.742. The standard InChI is InChI=1S/C6H14N2.3ClH/c7-4-3-6-2-1-5-8-6;;;/h6,8H,1-5,7H2;3*1H. The van der Waals surface area contributed by atoms with Crippen LogP contribution in [0.2, 0.25) is 0 Å². The van der Waals surface area contributed by atoms with Crippen molar-refractivity contribution in [3.63, 3.8) is 0 Å². The molecule has 1 rings (SSSR count). The van der Waals surface area contributed by atoms with Crippen molar-refractivity contribution >= 4 is 37.2 Å². The average Bonchev–Trinajstić information content (AvgIpc) is 2.19. The van der Waals surface area contributed by atoms with E-state index in [9.17, 15) is 0 Å². The first-order chi connectivity index (χ1) is 3.93. The fourth-order valence-electron chi connectivity index (χ4n) is 1.20. The summed E-state index contributed by atoms with van der Waals surface area (Å²) in [4.78, 5) is 0. The zero-order valence-electron chi connectivity index (χ0n) is 6.41. The number of nitrogens with two attached hydrogens (primary N) is 1. The predicted molar refractivity (Wildman–Crippen MR) is 56.4 cm³/mol. The van der Waals surface area contributed by atoms with Crippen LogP contribution in [0.3, 0.4) is 0 Å². The largest absolute Gasteiger partial charge is 0.330 e. The van der Waals surface area contributed by atoms with Crippen molar-refractivity contribution in [1.29, 1.82) is 0 Å². The second-order valence-electron chi connectivity index (χ2n) is 2.37. The number of rotatable bonds is 2. The topological polar surface area (TPSA) is 38.0 Å². The van der Waals surface area contributed by atoms with Gasteiger partial charge in [-0.05, 0) is 32.4 Å². The highest BCUT2D eigenvalue weighted by molar-refractivity contribution is 5.86. The zero-order chi connectivity index (χ0) is 5.82. The molecule has 0 aromatic rings. The minimum absolute atomic E-state index is 0. The van der Waals surface area contributed by atoms with Crippen molar-refractivity contribution in [3.8, 4) is 0 Å². The number of hydrogen-bond acceptors (Lipinski definition) is 2. The van der Waals surface area contributed by atoms with Crippen LogP contribution in [0.1, 0.15) is 19.3 Å². The van der Waals surface area contributed by atoms with Gasteiger partial charge in [-0.2, -0.15) is 0 Å². The van der Waals surface area contributed by atoms with Crippen LogP contribution in [0.4, 0.5) is 0 Å². The molecule has 1 fully saturated rings. The van der Waals surface area contributed by atoms with E-state index in [1.165, 1.54) is 19.4 Å². The van der Waals surface area contributed by atoms with Crippen LogP contribution in [0.15, 0.2) is 0 Å². The summed E-state index contributed by atoms with van der Waals surface area (Å²) in [5.41, 5.74) is 5.37. The first-order valence-electron chi connectivity index (χ1n) is 3.37. The Bertz CT molecular complexity index is 66.8. The minimum Gasteiger partial charge on any atom is -0.330 e. The molecule has 1 aliphatic heterocycles. The van der Waals surface area contributed by atoms with Gasteiger partial charge in [0.05, 0.1) is 0 Å². The summed E-state index contributed by atoms with van der Waals surface area (Å²) >= 11 is 0. The number of halogens is 3. The SMILES string of the molecule is Cl.Cl.Cl.NCCC1CCCN1. The molecule has 0 aromatic carbocycles. The van der Waals surface area contributed by atoms with E-state index in [0.29, 0.717) is 0 Å². The summed E-state index contributed by atoms with van der Waals surface area (Å²) in [5.74, 6) is 0. The van der Waals surface area contributed by atoms with Gasteiger partial charge in [-0.25, -0.2) is 0 Å². The molecule has 3 N–H and O–H groups in total. The van der Waals surface area contributed by atoms with E-state index in [2.05, 4.69) is 5.32 Å². The van der Waals surface area contributed by atoms with E-state index in [4.69, 9.17) is 5.73 Å². The monoisotopic (exact) mass is 222 g/mol. The molecule has 72 valence electrons. The minimum atomic E-state index is 0. The maximum atomic E-state index is 5.37. The molecule has 1 heterocycles. The van der Waals surface area contributed by atoms with Crippen molar-refractivity contribution in [2.24, 2.45) is 5.73 Å². The fourth-order valence-corrected chi connectivity index (χ4v) is 1.20. The highest BCUT2D eigenvalue weighted by Crippen LogP contribution is 2.06. The molecule has 0 amide bonds. The third-order valence-electron chi connectivity index (χ3n) is 1.68. The third-order valence-corrected chi connectivity index (χ3v) is 1.68. The molecule has 1 unspecified atom stereocenters. The Hall–Kier alpha value is 0.790. The molecule has 1 aliphatic rings. The lowest BCUT2D eigenvalue weighted by atomic mass is 10.2. The van der Waals surface area contributed by atoms with Gasteiger partial charge in [0.25, 0.3) is 0 Å². The smallest absolute Gasteiger partial charge is 0.00795 e. The Morgan fingerprint density at radius 1 is 1.27 bits per heavy atom. The number of nitrogens with one attached hydrogen (secondary N) is 1. The molecule has 0 aromatic heterocycles. The lowest BCUT2D eigenvalue weighted by Crippen LogP contribution is -2.24. The van der Waals surface area contributed by atoms with Gasteiger partial charge in [0.1, 0.15) is 0 Å². The van der Waals surface area contributed by atoms with Gasteiger partial charge in [0, 0.05) is 6.04 Å². The van der Waals surface area contributed by atoms with Crippen LogP contribution >= 0.6 is 37.2 Å². The molecule has 0 radical (unpaired) electrons. The van der Waals surface area contributed by atoms with Gasteiger partial charge in [0.15, 0.2) is 0 Å². The van der Waals surface area contributed by atoms with Gasteiger partial charge in [-0.3, -0.25) is 0 Å². The Balaban J connectivity index is -0.000000213. The summed E-state index contributed by atoms with van der Waals surface area (Å²) in [6.45, 7) is 2.03. The third kappa shape index (κ3) is 7.16. The average molecular weight is 224 g/mol. The molecular formula is C6H17Cl3N2. The molecule has 1 atom stereocenters. The summed E-state index contributed by atoms with van der Waals surface area (Å²) in [5, 5.41) is 3.38. The molecule has 11 heavy (non-hydrogen) atoms. The predicted octanol–water partition coefficient (Wildman–Crippen LogP) is 1.35. The second-order valence-corrected chi connectivity index (χ2v) is 2.37. The molecule has 1 saturated heterocycles.